The Hall–Kier alpha value is -1.80. The van der Waals surface area contributed by atoms with Gasteiger partial charge in [0.2, 0.25) is 0 Å². The van der Waals surface area contributed by atoms with Crippen LogP contribution in [0.3, 0.4) is 0 Å². The molecule has 2 rings (SSSR count). The molecule has 0 amide bonds. The molecule has 2 heteroatoms. The Balaban J connectivity index is 2.04. The Bertz CT molecular complexity index is 494. The fraction of sp³-hybridized carbons (Fsp3) is 0.294. The van der Waals surface area contributed by atoms with Gasteiger partial charge in [0.15, 0.2) is 0 Å². The Morgan fingerprint density at radius 2 is 1.84 bits per heavy atom. The molecule has 0 aliphatic rings. The largest absolute Gasteiger partial charge is 0.494 e. The zero-order valence-corrected chi connectivity index (χ0v) is 11.3. The predicted octanol–water partition coefficient (Wildman–Crippen LogP) is 3.75. The van der Waals surface area contributed by atoms with E-state index in [2.05, 4.69) is 6.92 Å². The monoisotopic (exact) mass is 256 g/mol. The van der Waals surface area contributed by atoms with Gasteiger partial charge < -0.3 is 9.84 Å². The normalized spacial score (nSPS) is 12.1. The first-order chi connectivity index (χ1) is 9.29. The lowest BCUT2D eigenvalue weighted by molar-refractivity contribution is 0.178. The van der Waals surface area contributed by atoms with E-state index in [0.29, 0.717) is 13.0 Å². The van der Waals surface area contributed by atoms with E-state index in [9.17, 15) is 5.11 Å². The second kappa shape index (κ2) is 6.95. The lowest BCUT2D eigenvalue weighted by Crippen LogP contribution is -2.02. The summed E-state index contributed by atoms with van der Waals surface area (Å²) in [7, 11) is 0. The summed E-state index contributed by atoms with van der Waals surface area (Å²) in [6.07, 6.45) is 1.11. The minimum atomic E-state index is -0.493. The molecule has 1 atom stereocenters. The molecule has 0 saturated heterocycles. The van der Waals surface area contributed by atoms with Crippen LogP contribution in [0.25, 0.3) is 0 Å². The Morgan fingerprint density at radius 3 is 2.58 bits per heavy atom. The van der Waals surface area contributed by atoms with E-state index in [1.54, 1.807) is 0 Å². The first kappa shape index (κ1) is 13.6. The maximum absolute atomic E-state index is 10.3. The number of rotatable bonds is 6. The molecule has 0 aliphatic carbocycles. The molecule has 0 fully saturated rings. The van der Waals surface area contributed by atoms with Gasteiger partial charge in [0.1, 0.15) is 5.75 Å². The van der Waals surface area contributed by atoms with Gasteiger partial charge in [0.25, 0.3) is 0 Å². The van der Waals surface area contributed by atoms with Crippen LogP contribution in [0, 0.1) is 0 Å². The van der Waals surface area contributed by atoms with Gasteiger partial charge in [-0.2, -0.15) is 0 Å². The van der Waals surface area contributed by atoms with Gasteiger partial charge in [0, 0.05) is 6.42 Å². The van der Waals surface area contributed by atoms with Crippen molar-refractivity contribution in [3.05, 3.63) is 65.7 Å². The third-order valence-corrected chi connectivity index (χ3v) is 2.99. The van der Waals surface area contributed by atoms with Gasteiger partial charge in [-0.1, -0.05) is 49.4 Å². The van der Waals surface area contributed by atoms with Gasteiger partial charge in [-0.15, -0.1) is 0 Å². The molecular weight excluding hydrogens is 236 g/mol. The molecule has 1 unspecified atom stereocenters. The van der Waals surface area contributed by atoms with Crippen molar-refractivity contribution in [1.82, 2.24) is 0 Å². The Morgan fingerprint density at radius 1 is 1.05 bits per heavy atom. The van der Waals surface area contributed by atoms with Crippen molar-refractivity contribution in [2.24, 2.45) is 0 Å². The highest BCUT2D eigenvalue weighted by molar-refractivity contribution is 5.31. The van der Waals surface area contributed by atoms with Crippen LogP contribution in [-0.4, -0.2) is 11.7 Å². The summed E-state index contributed by atoms with van der Waals surface area (Å²) in [4.78, 5) is 0. The minimum Gasteiger partial charge on any atom is -0.494 e. The SMILES string of the molecule is CCCOc1cccc(C(O)Cc2ccccc2)c1. The van der Waals surface area contributed by atoms with Crippen LogP contribution in [0.4, 0.5) is 0 Å². The number of aliphatic hydroxyl groups is 1. The van der Waals surface area contributed by atoms with E-state index >= 15 is 0 Å². The summed E-state index contributed by atoms with van der Waals surface area (Å²) in [5.41, 5.74) is 2.03. The molecule has 0 bridgehead atoms. The number of hydrogen-bond donors (Lipinski definition) is 1. The average molecular weight is 256 g/mol. The third kappa shape index (κ3) is 4.11. The summed E-state index contributed by atoms with van der Waals surface area (Å²) in [6, 6.07) is 17.7. The van der Waals surface area contributed by atoms with Gasteiger partial charge in [0.05, 0.1) is 12.7 Å². The molecule has 0 saturated carbocycles. The molecule has 2 aromatic rings. The summed E-state index contributed by atoms with van der Waals surface area (Å²) in [6.45, 7) is 2.78. The van der Waals surface area contributed by atoms with Crippen LogP contribution in [-0.2, 0) is 6.42 Å². The second-order valence-electron chi connectivity index (χ2n) is 4.63. The third-order valence-electron chi connectivity index (χ3n) is 2.99. The fourth-order valence-electron chi connectivity index (χ4n) is 1.99. The number of hydrogen-bond acceptors (Lipinski definition) is 2. The molecule has 0 spiro atoms. The first-order valence-electron chi connectivity index (χ1n) is 6.74. The van der Waals surface area contributed by atoms with E-state index in [1.165, 1.54) is 0 Å². The molecule has 0 aromatic heterocycles. The van der Waals surface area contributed by atoms with Crippen molar-refractivity contribution in [1.29, 1.82) is 0 Å². The number of aliphatic hydroxyl groups excluding tert-OH is 1. The molecule has 1 N–H and O–H groups in total. The van der Waals surface area contributed by atoms with Crippen molar-refractivity contribution in [2.75, 3.05) is 6.61 Å². The topological polar surface area (TPSA) is 29.5 Å². The average Bonchev–Trinajstić information content (AvgIpc) is 2.46. The minimum absolute atomic E-state index is 0.493. The highest BCUT2D eigenvalue weighted by Gasteiger charge is 2.09. The van der Waals surface area contributed by atoms with E-state index < -0.39 is 6.10 Å². The quantitative estimate of drug-likeness (QED) is 0.853. The van der Waals surface area contributed by atoms with Gasteiger partial charge >= 0.3 is 0 Å². The maximum atomic E-state index is 10.3. The smallest absolute Gasteiger partial charge is 0.119 e. The summed E-state index contributed by atoms with van der Waals surface area (Å²) < 4.78 is 5.59. The van der Waals surface area contributed by atoms with Crippen molar-refractivity contribution in [2.45, 2.75) is 25.9 Å². The summed E-state index contributed by atoms with van der Waals surface area (Å²) in [5, 5.41) is 10.3. The van der Waals surface area contributed by atoms with Crippen LogP contribution in [0.15, 0.2) is 54.6 Å². The standard InChI is InChI=1S/C17H20O2/c1-2-11-19-16-10-6-9-15(13-16)17(18)12-14-7-4-3-5-8-14/h3-10,13,17-18H,2,11-12H2,1H3. The van der Waals surface area contributed by atoms with Crippen molar-refractivity contribution in [3.63, 3.8) is 0 Å². The molecule has 2 nitrogen and oxygen atoms in total. The highest BCUT2D eigenvalue weighted by atomic mass is 16.5. The molecular formula is C17H20O2. The highest BCUT2D eigenvalue weighted by Crippen LogP contribution is 2.22. The lowest BCUT2D eigenvalue weighted by Gasteiger charge is -2.13. The Labute approximate surface area is 114 Å². The predicted molar refractivity (Wildman–Crippen MR) is 77.3 cm³/mol. The summed E-state index contributed by atoms with van der Waals surface area (Å²) >= 11 is 0. The van der Waals surface area contributed by atoms with Gasteiger partial charge in [-0.05, 0) is 29.7 Å². The Kier molecular flexibility index (Phi) is 4.99. The fourth-order valence-corrected chi connectivity index (χ4v) is 1.99. The van der Waals surface area contributed by atoms with E-state index in [-0.39, 0.29) is 0 Å². The van der Waals surface area contributed by atoms with Crippen molar-refractivity contribution < 1.29 is 9.84 Å². The van der Waals surface area contributed by atoms with Crippen molar-refractivity contribution in [3.8, 4) is 5.75 Å². The van der Waals surface area contributed by atoms with Gasteiger partial charge in [-0.25, -0.2) is 0 Å². The molecule has 19 heavy (non-hydrogen) atoms. The van der Waals surface area contributed by atoms with Gasteiger partial charge in [-0.3, -0.25) is 0 Å². The first-order valence-corrected chi connectivity index (χ1v) is 6.74. The van der Waals surface area contributed by atoms with Crippen LogP contribution in [0.2, 0.25) is 0 Å². The summed E-state index contributed by atoms with van der Waals surface area (Å²) in [5.74, 6) is 0.825. The zero-order chi connectivity index (χ0) is 13.5. The second-order valence-corrected chi connectivity index (χ2v) is 4.63. The van der Waals surface area contributed by atoms with E-state index in [4.69, 9.17) is 4.74 Å². The van der Waals surface area contributed by atoms with Crippen LogP contribution in [0.5, 0.6) is 5.75 Å². The van der Waals surface area contributed by atoms with E-state index in [1.807, 2.05) is 54.6 Å². The molecule has 0 radical (unpaired) electrons. The number of ether oxygens (including phenoxy) is 1. The van der Waals surface area contributed by atoms with Crippen LogP contribution < -0.4 is 4.74 Å². The maximum Gasteiger partial charge on any atom is 0.119 e. The zero-order valence-electron chi connectivity index (χ0n) is 11.3. The molecule has 100 valence electrons. The molecule has 2 aromatic carbocycles. The van der Waals surface area contributed by atoms with Crippen LogP contribution >= 0.6 is 0 Å². The molecule has 0 aliphatic heterocycles. The van der Waals surface area contributed by atoms with E-state index in [0.717, 1.165) is 23.3 Å². The van der Waals surface area contributed by atoms with Crippen molar-refractivity contribution >= 4 is 0 Å². The lowest BCUT2D eigenvalue weighted by atomic mass is 10.0. The number of benzene rings is 2. The molecule has 0 heterocycles. The van der Waals surface area contributed by atoms with Crippen LogP contribution in [0.1, 0.15) is 30.6 Å².